The third-order valence-corrected chi connectivity index (χ3v) is 4.19. The molecule has 0 saturated heterocycles. The number of nitrogens with one attached hydrogen (secondary N) is 1. The number of rotatable bonds is 8. The summed E-state index contributed by atoms with van der Waals surface area (Å²) in [5, 5.41) is 3.27. The highest BCUT2D eigenvalue weighted by Crippen LogP contribution is 2.30. The van der Waals surface area contributed by atoms with E-state index in [0.29, 0.717) is 41.8 Å². The second-order valence-corrected chi connectivity index (χ2v) is 6.53. The largest absolute Gasteiger partial charge is 0.493 e. The zero-order chi connectivity index (χ0) is 18.4. The third kappa shape index (κ3) is 5.23. The van der Waals surface area contributed by atoms with E-state index < -0.39 is 0 Å². The molecule has 1 atom stereocenters. The first kappa shape index (κ1) is 19.3. The fourth-order valence-electron chi connectivity index (χ4n) is 2.29. The Labute approximate surface area is 148 Å². The van der Waals surface area contributed by atoms with Gasteiger partial charge in [-0.05, 0) is 49.6 Å². The normalized spacial score (nSPS) is 12.4. The van der Waals surface area contributed by atoms with Crippen molar-refractivity contribution in [3.05, 3.63) is 47.7 Å². The zero-order valence-electron chi connectivity index (χ0n) is 15.3. The average molecular weight is 348 g/mol. The molecule has 0 aliphatic rings. The van der Waals surface area contributed by atoms with Crippen LogP contribution in [0.5, 0.6) is 5.75 Å². The van der Waals surface area contributed by atoms with E-state index in [2.05, 4.69) is 31.1 Å². The molecule has 0 bridgehead atoms. The minimum atomic E-state index is -0.377. The van der Waals surface area contributed by atoms with Crippen LogP contribution in [-0.2, 0) is 6.54 Å². The highest BCUT2D eigenvalue weighted by molar-refractivity contribution is 5.67. The van der Waals surface area contributed by atoms with Gasteiger partial charge in [-0.2, -0.15) is 0 Å². The van der Waals surface area contributed by atoms with Gasteiger partial charge in [-0.1, -0.05) is 20.8 Å². The van der Waals surface area contributed by atoms with E-state index in [1.165, 1.54) is 18.2 Å². The van der Waals surface area contributed by atoms with E-state index in [9.17, 15) is 8.78 Å². The van der Waals surface area contributed by atoms with Crippen molar-refractivity contribution in [1.82, 2.24) is 10.3 Å². The van der Waals surface area contributed by atoms with Crippen molar-refractivity contribution in [2.24, 2.45) is 5.92 Å². The smallest absolute Gasteiger partial charge is 0.146 e. The van der Waals surface area contributed by atoms with Crippen molar-refractivity contribution >= 4 is 0 Å². The van der Waals surface area contributed by atoms with Crippen LogP contribution in [0.15, 0.2) is 30.3 Å². The van der Waals surface area contributed by atoms with Crippen molar-refractivity contribution in [1.29, 1.82) is 0 Å². The molecule has 0 spiro atoms. The number of pyridine rings is 1. The lowest BCUT2D eigenvalue weighted by molar-refractivity contribution is 0.318. The number of hydrogen-bond donors (Lipinski definition) is 1. The van der Waals surface area contributed by atoms with E-state index in [4.69, 9.17) is 4.74 Å². The topological polar surface area (TPSA) is 34.1 Å². The predicted octanol–water partition coefficient (Wildman–Crippen LogP) is 4.95. The zero-order valence-corrected chi connectivity index (χ0v) is 15.3. The summed E-state index contributed by atoms with van der Waals surface area (Å²) in [6.45, 7) is 9.10. The Bertz CT molecular complexity index is 704. The molecular weight excluding hydrogens is 322 g/mol. The van der Waals surface area contributed by atoms with E-state index >= 15 is 0 Å². The third-order valence-electron chi connectivity index (χ3n) is 4.19. The Balaban J connectivity index is 2.31. The second kappa shape index (κ2) is 8.90. The summed E-state index contributed by atoms with van der Waals surface area (Å²) >= 11 is 0. The van der Waals surface area contributed by atoms with Crippen LogP contribution in [0, 0.1) is 17.6 Å². The molecule has 0 amide bonds. The van der Waals surface area contributed by atoms with Crippen molar-refractivity contribution in [2.75, 3.05) is 6.61 Å². The molecule has 0 aliphatic carbocycles. The van der Waals surface area contributed by atoms with E-state index in [1.807, 2.05) is 6.92 Å². The number of hydrogen-bond acceptors (Lipinski definition) is 3. The molecule has 1 heterocycles. The monoisotopic (exact) mass is 348 g/mol. The van der Waals surface area contributed by atoms with Gasteiger partial charge in [0, 0.05) is 18.2 Å². The van der Waals surface area contributed by atoms with Crippen LogP contribution in [-0.4, -0.2) is 17.6 Å². The number of nitrogens with zero attached hydrogens (tertiary/aromatic N) is 1. The maximum absolute atomic E-state index is 14.1. The van der Waals surface area contributed by atoms with Gasteiger partial charge in [-0.25, -0.2) is 13.8 Å². The van der Waals surface area contributed by atoms with Gasteiger partial charge in [-0.15, -0.1) is 0 Å². The Morgan fingerprint density at radius 1 is 1.12 bits per heavy atom. The summed E-state index contributed by atoms with van der Waals surface area (Å²) in [4.78, 5) is 4.40. The molecule has 5 heteroatoms. The van der Waals surface area contributed by atoms with Crippen LogP contribution in [0.1, 0.15) is 39.8 Å². The Hall–Kier alpha value is -2.01. The lowest BCUT2D eigenvalue weighted by Crippen LogP contribution is -2.30. The van der Waals surface area contributed by atoms with Crippen LogP contribution in [0.3, 0.4) is 0 Å². The summed E-state index contributed by atoms with van der Waals surface area (Å²) in [7, 11) is 0. The van der Waals surface area contributed by atoms with Gasteiger partial charge >= 0.3 is 0 Å². The van der Waals surface area contributed by atoms with Crippen LogP contribution in [0.25, 0.3) is 11.3 Å². The summed E-state index contributed by atoms with van der Waals surface area (Å²) < 4.78 is 33.5. The first-order valence-corrected chi connectivity index (χ1v) is 8.73. The SMILES string of the molecule is CCCOc1ccc(F)cc1-c1ccc(F)c(CN[C@H](C)C(C)C)n1. The number of halogens is 2. The molecule has 0 saturated carbocycles. The Kier molecular flexibility index (Phi) is 6.88. The van der Waals surface area contributed by atoms with Crippen molar-refractivity contribution in [3.63, 3.8) is 0 Å². The van der Waals surface area contributed by atoms with Crippen LogP contribution >= 0.6 is 0 Å². The summed E-state index contributed by atoms with van der Waals surface area (Å²) in [5.41, 5.74) is 1.35. The molecule has 1 aromatic carbocycles. The molecule has 2 rings (SSSR count). The summed E-state index contributed by atoms with van der Waals surface area (Å²) in [6.07, 6.45) is 0.843. The predicted molar refractivity (Wildman–Crippen MR) is 96.5 cm³/mol. The molecule has 0 fully saturated rings. The number of ether oxygens (including phenoxy) is 1. The van der Waals surface area contributed by atoms with E-state index in [0.717, 1.165) is 6.42 Å². The van der Waals surface area contributed by atoms with E-state index in [-0.39, 0.29) is 17.7 Å². The van der Waals surface area contributed by atoms with Crippen LogP contribution in [0.4, 0.5) is 8.78 Å². The fraction of sp³-hybridized carbons (Fsp3) is 0.450. The van der Waals surface area contributed by atoms with Gasteiger partial charge in [0.05, 0.1) is 18.0 Å². The van der Waals surface area contributed by atoms with Gasteiger partial charge in [-0.3, -0.25) is 0 Å². The molecule has 1 aromatic heterocycles. The fourth-order valence-corrected chi connectivity index (χ4v) is 2.29. The maximum Gasteiger partial charge on any atom is 0.146 e. The molecule has 136 valence electrons. The second-order valence-electron chi connectivity index (χ2n) is 6.53. The maximum atomic E-state index is 14.1. The first-order valence-electron chi connectivity index (χ1n) is 8.73. The van der Waals surface area contributed by atoms with Crippen molar-refractivity contribution < 1.29 is 13.5 Å². The van der Waals surface area contributed by atoms with Gasteiger partial charge in [0.25, 0.3) is 0 Å². The number of aromatic nitrogens is 1. The minimum absolute atomic E-state index is 0.238. The molecule has 3 nitrogen and oxygen atoms in total. The van der Waals surface area contributed by atoms with Gasteiger partial charge in [0.1, 0.15) is 17.4 Å². The molecule has 0 aliphatic heterocycles. The van der Waals surface area contributed by atoms with Crippen molar-refractivity contribution in [3.8, 4) is 17.0 Å². The molecular formula is C20H26F2N2O. The van der Waals surface area contributed by atoms with E-state index in [1.54, 1.807) is 12.1 Å². The quantitative estimate of drug-likeness (QED) is 0.733. The van der Waals surface area contributed by atoms with Gasteiger partial charge < -0.3 is 10.1 Å². The molecule has 0 unspecified atom stereocenters. The Morgan fingerprint density at radius 3 is 2.56 bits per heavy atom. The standard InChI is InChI=1S/C20H26F2N2O/c1-5-10-25-20-9-6-15(21)11-16(20)18-8-7-17(22)19(24-18)12-23-14(4)13(2)3/h6-9,11,13-14,23H,5,10,12H2,1-4H3/t14-/m1/s1. The highest BCUT2D eigenvalue weighted by atomic mass is 19.1. The molecule has 1 N–H and O–H groups in total. The van der Waals surface area contributed by atoms with Gasteiger partial charge in [0.15, 0.2) is 0 Å². The first-order chi connectivity index (χ1) is 11.9. The average Bonchev–Trinajstić information content (AvgIpc) is 2.59. The molecule has 25 heavy (non-hydrogen) atoms. The van der Waals surface area contributed by atoms with Crippen molar-refractivity contribution in [2.45, 2.75) is 46.7 Å². The molecule has 2 aromatic rings. The highest BCUT2D eigenvalue weighted by Gasteiger charge is 2.14. The van der Waals surface area contributed by atoms with Crippen LogP contribution in [0.2, 0.25) is 0 Å². The molecule has 0 radical (unpaired) electrons. The van der Waals surface area contributed by atoms with Gasteiger partial charge in [0.2, 0.25) is 0 Å². The lowest BCUT2D eigenvalue weighted by Gasteiger charge is -2.18. The van der Waals surface area contributed by atoms with Crippen LogP contribution < -0.4 is 10.1 Å². The summed E-state index contributed by atoms with van der Waals surface area (Å²) in [5.74, 6) is 0.234. The Morgan fingerprint density at radius 2 is 1.88 bits per heavy atom. The summed E-state index contributed by atoms with van der Waals surface area (Å²) in [6, 6.07) is 7.47. The number of benzene rings is 1. The minimum Gasteiger partial charge on any atom is -0.493 e. The lowest BCUT2D eigenvalue weighted by atomic mass is 10.1.